The predicted octanol–water partition coefficient (Wildman–Crippen LogP) is 2.11. The minimum Gasteiger partial charge on any atom is -0.352 e. The van der Waals surface area contributed by atoms with Gasteiger partial charge in [-0.3, -0.25) is 9.59 Å². The van der Waals surface area contributed by atoms with Gasteiger partial charge in [0.1, 0.15) is 17.5 Å². The van der Waals surface area contributed by atoms with Crippen molar-refractivity contribution >= 4 is 17.5 Å². The van der Waals surface area contributed by atoms with Crippen molar-refractivity contribution < 1.29 is 14.0 Å². The number of carbonyl (C=O) groups excluding carboxylic acids is 2. The van der Waals surface area contributed by atoms with Gasteiger partial charge in [-0.15, -0.1) is 0 Å². The van der Waals surface area contributed by atoms with Gasteiger partial charge in [-0.05, 0) is 36.2 Å². The summed E-state index contributed by atoms with van der Waals surface area (Å²) >= 11 is 0. The van der Waals surface area contributed by atoms with E-state index in [2.05, 4.69) is 10.3 Å². The molecule has 1 aliphatic rings. The maximum Gasteiger partial charge on any atom is 0.247 e. The van der Waals surface area contributed by atoms with Crippen molar-refractivity contribution in [1.82, 2.24) is 19.6 Å². The van der Waals surface area contributed by atoms with Gasteiger partial charge in [-0.1, -0.05) is 18.2 Å². The van der Waals surface area contributed by atoms with Crippen molar-refractivity contribution in [1.29, 1.82) is 0 Å². The molecule has 0 spiro atoms. The van der Waals surface area contributed by atoms with E-state index in [0.29, 0.717) is 25.1 Å². The van der Waals surface area contributed by atoms with E-state index >= 15 is 0 Å². The maximum absolute atomic E-state index is 13.6. The molecule has 1 saturated heterocycles. The highest BCUT2D eigenvalue weighted by Crippen LogP contribution is 2.25. The summed E-state index contributed by atoms with van der Waals surface area (Å²) in [5.74, 6) is -0.855. The van der Waals surface area contributed by atoms with Crippen molar-refractivity contribution in [3.63, 3.8) is 0 Å². The van der Waals surface area contributed by atoms with E-state index in [1.54, 1.807) is 12.1 Å². The lowest BCUT2D eigenvalue weighted by Crippen LogP contribution is -2.52. The van der Waals surface area contributed by atoms with Crippen molar-refractivity contribution in [2.24, 2.45) is 0 Å². The highest BCUT2D eigenvalue weighted by atomic mass is 19.1. The second-order valence-corrected chi connectivity index (χ2v) is 6.53. The molecule has 0 bridgehead atoms. The van der Waals surface area contributed by atoms with Gasteiger partial charge in [0.05, 0.1) is 5.69 Å². The molecule has 1 unspecified atom stereocenters. The highest BCUT2D eigenvalue weighted by Gasteiger charge is 2.34. The maximum atomic E-state index is 13.6. The molecule has 1 fully saturated rings. The molecule has 27 heavy (non-hydrogen) atoms. The van der Waals surface area contributed by atoms with Crippen LogP contribution in [-0.4, -0.2) is 39.2 Å². The Morgan fingerprint density at radius 1 is 1.26 bits per heavy atom. The molecule has 3 aromatic rings. The van der Waals surface area contributed by atoms with Crippen LogP contribution < -0.4 is 5.32 Å². The Hall–Kier alpha value is -3.22. The number of hydrogen-bond donors (Lipinski definition) is 1. The average Bonchev–Trinajstić information content (AvgIpc) is 3.09. The van der Waals surface area contributed by atoms with Crippen LogP contribution in [0.25, 0.3) is 5.65 Å². The molecule has 7 heteroatoms. The van der Waals surface area contributed by atoms with E-state index < -0.39 is 11.9 Å². The summed E-state index contributed by atoms with van der Waals surface area (Å²) in [5.41, 5.74) is 2.13. The minimum absolute atomic E-state index is 0.142. The van der Waals surface area contributed by atoms with Gasteiger partial charge >= 0.3 is 0 Å². The second-order valence-electron chi connectivity index (χ2n) is 6.53. The van der Waals surface area contributed by atoms with Gasteiger partial charge in [0.25, 0.3) is 0 Å². The van der Waals surface area contributed by atoms with Crippen LogP contribution in [0.4, 0.5) is 4.39 Å². The number of fused-ring (bicyclic) bond motifs is 1. The van der Waals surface area contributed by atoms with E-state index in [-0.39, 0.29) is 18.2 Å². The molecule has 2 amide bonds. The van der Waals surface area contributed by atoms with Crippen molar-refractivity contribution in [2.45, 2.75) is 18.9 Å². The number of aromatic nitrogens is 2. The number of hydrogen-bond acceptors (Lipinski definition) is 3. The SMILES string of the molecule is O=C1NCCN(C(=O)CCc2cn3ccccc3n2)C1c1cccc(F)c1. The number of amides is 2. The molecule has 6 nitrogen and oxygen atoms in total. The van der Waals surface area contributed by atoms with Crippen LogP contribution in [-0.2, 0) is 16.0 Å². The number of imidazole rings is 1. The molecule has 1 aliphatic heterocycles. The summed E-state index contributed by atoms with van der Waals surface area (Å²) in [5, 5.41) is 2.76. The Kier molecular flexibility index (Phi) is 4.58. The third kappa shape index (κ3) is 3.53. The number of pyridine rings is 1. The Labute approximate surface area is 155 Å². The first-order valence-electron chi connectivity index (χ1n) is 8.87. The summed E-state index contributed by atoms with van der Waals surface area (Å²) < 4.78 is 15.5. The standard InChI is InChI=1S/C20H19FN4O2/c21-15-5-3-4-14(12-15)19-20(27)22-9-11-25(19)18(26)8-7-16-13-24-10-2-1-6-17(24)23-16/h1-6,10,12-13,19H,7-9,11H2,(H,22,27). The fourth-order valence-electron chi connectivity index (χ4n) is 3.43. The fraction of sp³-hybridized carbons (Fsp3) is 0.250. The molecule has 0 saturated carbocycles. The van der Waals surface area contributed by atoms with Crippen molar-refractivity contribution in [3.8, 4) is 0 Å². The number of carbonyl (C=O) groups is 2. The number of aryl methyl sites for hydroxylation is 1. The molecule has 3 heterocycles. The minimum atomic E-state index is -0.803. The molecular weight excluding hydrogens is 347 g/mol. The summed E-state index contributed by atoms with van der Waals surface area (Å²) in [4.78, 5) is 31.2. The third-order valence-electron chi connectivity index (χ3n) is 4.71. The van der Waals surface area contributed by atoms with Crippen LogP contribution in [0.15, 0.2) is 54.9 Å². The Morgan fingerprint density at radius 2 is 2.15 bits per heavy atom. The lowest BCUT2D eigenvalue weighted by atomic mass is 10.0. The smallest absolute Gasteiger partial charge is 0.247 e. The Morgan fingerprint density at radius 3 is 2.96 bits per heavy atom. The van der Waals surface area contributed by atoms with Crippen molar-refractivity contribution in [3.05, 3.63) is 71.9 Å². The first kappa shape index (κ1) is 17.2. The quantitative estimate of drug-likeness (QED) is 0.769. The van der Waals surface area contributed by atoms with E-state index in [1.165, 1.54) is 17.0 Å². The van der Waals surface area contributed by atoms with Gasteiger partial charge in [0, 0.05) is 31.9 Å². The predicted molar refractivity (Wildman–Crippen MR) is 97.4 cm³/mol. The molecule has 138 valence electrons. The molecular formula is C20H19FN4O2. The lowest BCUT2D eigenvalue weighted by Gasteiger charge is -2.35. The summed E-state index contributed by atoms with van der Waals surface area (Å²) in [7, 11) is 0. The summed E-state index contributed by atoms with van der Waals surface area (Å²) in [6, 6.07) is 10.8. The van der Waals surface area contributed by atoms with Gasteiger partial charge in [-0.25, -0.2) is 9.37 Å². The van der Waals surface area contributed by atoms with E-state index in [4.69, 9.17) is 0 Å². The van der Waals surface area contributed by atoms with Gasteiger partial charge < -0.3 is 14.6 Å². The molecule has 1 N–H and O–H groups in total. The van der Waals surface area contributed by atoms with Crippen LogP contribution >= 0.6 is 0 Å². The molecule has 1 atom stereocenters. The molecule has 1 aromatic carbocycles. The summed E-state index contributed by atoms with van der Waals surface area (Å²) in [6.07, 6.45) is 4.52. The molecule has 2 aromatic heterocycles. The van der Waals surface area contributed by atoms with Crippen LogP contribution in [0.3, 0.4) is 0 Å². The number of nitrogens with one attached hydrogen (secondary N) is 1. The van der Waals surface area contributed by atoms with E-state index in [0.717, 1.165) is 11.3 Å². The number of halogens is 1. The molecule has 4 rings (SSSR count). The second kappa shape index (κ2) is 7.19. The first-order valence-corrected chi connectivity index (χ1v) is 8.87. The summed E-state index contributed by atoms with van der Waals surface area (Å²) in [6.45, 7) is 0.793. The first-order chi connectivity index (χ1) is 13.1. The van der Waals surface area contributed by atoms with Gasteiger partial charge in [0.15, 0.2) is 0 Å². The van der Waals surface area contributed by atoms with E-state index in [1.807, 2.05) is 35.0 Å². The fourth-order valence-corrected chi connectivity index (χ4v) is 3.43. The lowest BCUT2D eigenvalue weighted by molar-refractivity contribution is -0.143. The molecule has 0 radical (unpaired) electrons. The van der Waals surface area contributed by atoms with Crippen LogP contribution in [0.5, 0.6) is 0 Å². The highest BCUT2D eigenvalue weighted by molar-refractivity contribution is 5.89. The van der Waals surface area contributed by atoms with Crippen LogP contribution in [0, 0.1) is 5.82 Å². The topological polar surface area (TPSA) is 66.7 Å². The normalized spacial score (nSPS) is 17.1. The number of rotatable bonds is 4. The van der Waals surface area contributed by atoms with Crippen molar-refractivity contribution in [2.75, 3.05) is 13.1 Å². The largest absolute Gasteiger partial charge is 0.352 e. The number of piperazine rings is 1. The monoisotopic (exact) mass is 366 g/mol. The van der Waals surface area contributed by atoms with E-state index in [9.17, 15) is 14.0 Å². The Balaban J connectivity index is 1.51. The zero-order valence-electron chi connectivity index (χ0n) is 14.6. The average molecular weight is 366 g/mol. The Bertz CT molecular complexity index is 967. The van der Waals surface area contributed by atoms with Crippen LogP contribution in [0.1, 0.15) is 23.7 Å². The van der Waals surface area contributed by atoms with Gasteiger partial charge in [0.2, 0.25) is 11.8 Å². The zero-order chi connectivity index (χ0) is 18.8. The zero-order valence-corrected chi connectivity index (χ0v) is 14.6. The van der Waals surface area contributed by atoms with Gasteiger partial charge in [-0.2, -0.15) is 0 Å². The number of benzene rings is 1. The van der Waals surface area contributed by atoms with Crippen LogP contribution in [0.2, 0.25) is 0 Å². The number of nitrogens with zero attached hydrogens (tertiary/aromatic N) is 3. The third-order valence-corrected chi connectivity index (χ3v) is 4.71. The molecule has 0 aliphatic carbocycles.